The maximum absolute atomic E-state index is 14.1. The van der Waals surface area contributed by atoms with E-state index >= 15 is 0 Å². The van der Waals surface area contributed by atoms with Crippen molar-refractivity contribution in [3.63, 3.8) is 0 Å². The Morgan fingerprint density at radius 3 is 0.895 bits per heavy atom. The largest absolute Gasteiger partial charge is 0.351 e. The first-order valence-electron chi connectivity index (χ1n) is 20.4. The zero-order valence-corrected chi connectivity index (χ0v) is 34.2. The summed E-state index contributed by atoms with van der Waals surface area (Å²) in [4.78, 5) is 55.6. The van der Waals surface area contributed by atoms with Gasteiger partial charge in [0.15, 0.2) is 0 Å². The van der Waals surface area contributed by atoms with Crippen LogP contribution in [0.3, 0.4) is 0 Å². The normalized spacial score (nSPS) is 12.1. The summed E-state index contributed by atoms with van der Waals surface area (Å²) in [5.74, 6) is 1.15. The van der Waals surface area contributed by atoms with Crippen LogP contribution in [0.4, 0.5) is 0 Å². The number of benzene rings is 1. The molecule has 0 unspecified atom stereocenters. The summed E-state index contributed by atoms with van der Waals surface area (Å²) in [7, 11) is 0. The van der Waals surface area contributed by atoms with Gasteiger partial charge in [-0.05, 0) is 160 Å². The molecule has 0 aliphatic heterocycles. The fourth-order valence-corrected chi connectivity index (χ4v) is 7.90. The van der Waals surface area contributed by atoms with Gasteiger partial charge in [0.25, 0.3) is 5.91 Å². The van der Waals surface area contributed by atoms with Crippen molar-refractivity contribution in [1.82, 2.24) is 21.3 Å². The molecule has 324 valence electrons. The number of hydrogen-bond acceptors (Lipinski definition) is 13. The highest BCUT2D eigenvalue weighted by atomic mass is 16.2. The molecule has 22 N–H and O–H groups in total. The topological polar surface area (TPSA) is 351 Å². The van der Waals surface area contributed by atoms with Crippen molar-refractivity contribution in [1.29, 1.82) is 0 Å². The molecule has 0 bridgehead atoms. The Kier molecular flexibility index (Phi) is 24.4. The molecule has 0 radical (unpaired) electrons. The van der Waals surface area contributed by atoms with E-state index in [0.717, 1.165) is 0 Å². The maximum Gasteiger partial charge on any atom is 0.251 e. The SMILES string of the molecule is C#Cc1ccc(C(=O)NC(CCC(=O)NC(CCN)(CCN)CCN)(CCC(=O)NC(CCN)(CCN)CCN)CCC(=O)NC(CCN)(CCN)CCN)cc1. The zero-order valence-electron chi connectivity index (χ0n) is 34.2. The second-order valence-corrected chi connectivity index (χ2v) is 15.3. The predicted molar refractivity (Wildman–Crippen MR) is 228 cm³/mol. The third kappa shape index (κ3) is 17.8. The average Bonchev–Trinajstić information content (AvgIpc) is 3.16. The summed E-state index contributed by atoms with van der Waals surface area (Å²) in [5.41, 5.74) is 51.1. The van der Waals surface area contributed by atoms with E-state index in [1.54, 1.807) is 24.3 Å². The molecule has 0 spiro atoms. The van der Waals surface area contributed by atoms with Crippen molar-refractivity contribution in [2.45, 2.75) is 118 Å². The van der Waals surface area contributed by atoms with Gasteiger partial charge in [-0.15, -0.1) is 6.42 Å². The fraction of sp³-hybridized carbons (Fsp3) is 0.700. The van der Waals surface area contributed by atoms with Gasteiger partial charge in [0.1, 0.15) is 0 Å². The third-order valence-electron chi connectivity index (χ3n) is 11.0. The summed E-state index contributed by atoms with van der Waals surface area (Å²) in [5, 5.41) is 12.6. The summed E-state index contributed by atoms with van der Waals surface area (Å²) in [6, 6.07) is 6.50. The molecule has 17 heteroatoms. The fourth-order valence-electron chi connectivity index (χ4n) is 7.90. The summed E-state index contributed by atoms with van der Waals surface area (Å²) < 4.78 is 0. The lowest BCUT2D eigenvalue weighted by Gasteiger charge is -2.39. The molecule has 0 saturated heterocycles. The van der Waals surface area contributed by atoms with Crippen LogP contribution in [0.2, 0.25) is 0 Å². The summed E-state index contributed by atoms with van der Waals surface area (Å²) in [6.07, 6.45) is 9.83. The average molecular weight is 802 g/mol. The molecule has 0 aliphatic rings. The van der Waals surface area contributed by atoms with Crippen LogP contribution >= 0.6 is 0 Å². The van der Waals surface area contributed by atoms with Crippen LogP contribution in [0.1, 0.15) is 112 Å². The van der Waals surface area contributed by atoms with Gasteiger partial charge in [-0.25, -0.2) is 0 Å². The van der Waals surface area contributed by atoms with Crippen LogP contribution < -0.4 is 72.9 Å². The number of rotatable bonds is 32. The van der Waals surface area contributed by atoms with Gasteiger partial charge >= 0.3 is 0 Å². The molecule has 0 fully saturated rings. The van der Waals surface area contributed by atoms with Crippen LogP contribution in [-0.4, -0.2) is 105 Å². The molecule has 0 aromatic heterocycles. The maximum atomic E-state index is 14.1. The van der Waals surface area contributed by atoms with Gasteiger partial charge in [-0.3, -0.25) is 19.2 Å². The van der Waals surface area contributed by atoms with E-state index in [1.165, 1.54) is 0 Å². The van der Waals surface area contributed by atoms with Gasteiger partial charge in [0.2, 0.25) is 17.7 Å². The van der Waals surface area contributed by atoms with E-state index in [4.69, 9.17) is 58.0 Å². The van der Waals surface area contributed by atoms with Crippen molar-refractivity contribution in [2.75, 3.05) is 58.9 Å². The Morgan fingerprint density at radius 2 is 0.667 bits per heavy atom. The Balaban J connectivity index is 3.73. The van der Waals surface area contributed by atoms with Crippen molar-refractivity contribution in [3.8, 4) is 12.3 Å². The minimum Gasteiger partial charge on any atom is -0.351 e. The van der Waals surface area contributed by atoms with Crippen molar-refractivity contribution >= 4 is 23.6 Å². The summed E-state index contributed by atoms with van der Waals surface area (Å²) in [6.45, 7) is 2.78. The Hall–Kier alpha value is -3.70. The molecule has 1 aromatic carbocycles. The number of nitrogens with one attached hydrogen (secondary N) is 4. The Morgan fingerprint density at radius 1 is 0.421 bits per heavy atom. The lowest BCUT2D eigenvalue weighted by molar-refractivity contribution is -0.123. The van der Waals surface area contributed by atoms with E-state index < -0.39 is 28.1 Å². The molecule has 17 nitrogen and oxygen atoms in total. The lowest BCUT2D eigenvalue weighted by Crippen LogP contribution is -2.55. The second-order valence-electron chi connectivity index (χ2n) is 15.3. The van der Waals surface area contributed by atoms with Crippen molar-refractivity contribution < 1.29 is 19.2 Å². The minimum atomic E-state index is -1.23. The molecule has 57 heavy (non-hydrogen) atoms. The van der Waals surface area contributed by atoms with E-state index in [-0.39, 0.29) is 56.2 Å². The molecule has 4 amide bonds. The van der Waals surface area contributed by atoms with Gasteiger partial charge < -0.3 is 72.9 Å². The van der Waals surface area contributed by atoms with Gasteiger partial charge in [0.05, 0.1) is 0 Å². The molecular formula is C40H75N13O4. The van der Waals surface area contributed by atoms with Crippen molar-refractivity contribution in [3.05, 3.63) is 35.4 Å². The number of amides is 4. The predicted octanol–water partition coefficient (Wildman–Crippen LogP) is -1.82. The first kappa shape index (κ1) is 51.3. The first-order valence-corrected chi connectivity index (χ1v) is 20.4. The highest BCUT2D eigenvalue weighted by molar-refractivity contribution is 5.95. The zero-order chi connectivity index (χ0) is 42.8. The van der Waals surface area contributed by atoms with Crippen LogP contribution in [-0.2, 0) is 14.4 Å². The number of carbonyl (C=O) groups excluding carboxylic acids is 4. The highest BCUT2D eigenvalue weighted by Gasteiger charge is 2.38. The van der Waals surface area contributed by atoms with Crippen LogP contribution in [0, 0.1) is 12.3 Å². The number of hydrogen-bond donors (Lipinski definition) is 13. The van der Waals surface area contributed by atoms with E-state index in [9.17, 15) is 19.2 Å². The van der Waals surface area contributed by atoms with Crippen LogP contribution in [0.25, 0.3) is 0 Å². The number of terminal acetylenes is 1. The molecule has 0 aliphatic carbocycles. The first-order chi connectivity index (χ1) is 27.3. The molecule has 0 saturated carbocycles. The third-order valence-corrected chi connectivity index (χ3v) is 11.0. The van der Waals surface area contributed by atoms with Gasteiger partial charge in [-0.1, -0.05) is 5.92 Å². The quantitative estimate of drug-likeness (QED) is 0.0358. The highest BCUT2D eigenvalue weighted by Crippen LogP contribution is 2.29. The van der Waals surface area contributed by atoms with Gasteiger partial charge in [0, 0.05) is 52.5 Å². The molecule has 1 rings (SSSR count). The lowest BCUT2D eigenvalue weighted by atomic mass is 9.81. The molecular weight excluding hydrogens is 727 g/mol. The minimum absolute atomic E-state index is 0.0596. The summed E-state index contributed by atoms with van der Waals surface area (Å²) >= 11 is 0. The van der Waals surface area contributed by atoms with E-state index in [0.29, 0.717) is 128 Å². The molecule has 0 atom stereocenters. The van der Waals surface area contributed by atoms with Crippen LogP contribution in [0.15, 0.2) is 24.3 Å². The molecule has 0 heterocycles. The van der Waals surface area contributed by atoms with E-state index in [2.05, 4.69) is 27.2 Å². The van der Waals surface area contributed by atoms with Gasteiger partial charge in [-0.2, -0.15) is 0 Å². The van der Waals surface area contributed by atoms with Crippen LogP contribution in [0.5, 0.6) is 0 Å². The number of carbonyl (C=O) groups is 4. The molecule has 1 aromatic rings. The monoisotopic (exact) mass is 802 g/mol. The van der Waals surface area contributed by atoms with Crippen molar-refractivity contribution in [2.24, 2.45) is 51.6 Å². The standard InChI is InChI=1S/C40H75N13O4/c1-2-31-3-5-32(6-4-31)36(57)53-37(10-7-33(54)50-38(13-22-41,14-23-42)15-24-43,11-8-34(55)51-39(16-25-44,17-26-45)18-27-46)12-9-35(56)52-40(19-28-47,20-29-48)21-30-49/h1,3-6H,7-30,41-49H2,(H,50,54)(H,51,55)(H,52,56)(H,53,57). The Bertz CT molecular complexity index is 1230. The Labute approximate surface area is 340 Å². The number of nitrogens with two attached hydrogens (primary N) is 9. The van der Waals surface area contributed by atoms with E-state index in [1.807, 2.05) is 0 Å². The second kappa shape index (κ2) is 27.1. The smallest absolute Gasteiger partial charge is 0.251 e.